The Morgan fingerprint density at radius 1 is 1.47 bits per heavy atom. The summed E-state index contributed by atoms with van der Waals surface area (Å²) < 4.78 is 26.2. The lowest BCUT2D eigenvalue weighted by atomic mass is 10.2. The van der Waals surface area contributed by atoms with E-state index in [2.05, 4.69) is 9.71 Å². The van der Waals surface area contributed by atoms with Gasteiger partial charge in [-0.2, -0.15) is 11.3 Å². The first-order valence-electron chi connectivity index (χ1n) is 5.10. The molecule has 0 atom stereocenters. The Morgan fingerprint density at radius 2 is 2.21 bits per heavy atom. The Hall–Kier alpha value is -1.29. The Labute approximate surface area is 117 Å². The lowest BCUT2D eigenvalue weighted by molar-refractivity contribution is 0.0687. The standard InChI is InChI=1S/C10H10N2O4S3/c1-6-3-17-4-7(6)2-12-19(15,16)10-8(9(13)14)11-5-18-10/h3-5,12H,2H2,1H3,(H,13,14). The van der Waals surface area contributed by atoms with Crippen LogP contribution in [0.2, 0.25) is 0 Å². The second-order valence-electron chi connectivity index (χ2n) is 3.70. The molecule has 2 heterocycles. The molecule has 0 spiro atoms. The molecule has 0 aliphatic rings. The number of thiophene rings is 1. The van der Waals surface area contributed by atoms with Crippen LogP contribution in [0.25, 0.3) is 0 Å². The van der Waals surface area contributed by atoms with Crippen LogP contribution in [0, 0.1) is 6.92 Å². The minimum atomic E-state index is -3.86. The van der Waals surface area contributed by atoms with Gasteiger partial charge in [-0.05, 0) is 28.8 Å². The van der Waals surface area contributed by atoms with E-state index in [0.29, 0.717) is 0 Å². The van der Waals surface area contributed by atoms with Crippen molar-refractivity contribution in [2.24, 2.45) is 0 Å². The third-order valence-electron chi connectivity index (χ3n) is 2.40. The van der Waals surface area contributed by atoms with Crippen LogP contribution in [-0.2, 0) is 16.6 Å². The molecular formula is C10H10N2O4S3. The minimum absolute atomic E-state index is 0.134. The summed E-state index contributed by atoms with van der Waals surface area (Å²) >= 11 is 2.27. The molecule has 102 valence electrons. The van der Waals surface area contributed by atoms with Crippen LogP contribution in [0.1, 0.15) is 21.6 Å². The van der Waals surface area contributed by atoms with Crippen molar-refractivity contribution < 1.29 is 18.3 Å². The second kappa shape index (κ2) is 5.37. The molecule has 19 heavy (non-hydrogen) atoms. The summed E-state index contributed by atoms with van der Waals surface area (Å²) in [4.78, 5) is 14.4. The lowest BCUT2D eigenvalue weighted by Crippen LogP contribution is -2.24. The summed E-state index contributed by atoms with van der Waals surface area (Å²) in [5, 5.41) is 12.6. The Bertz CT molecular complexity index is 702. The molecule has 0 amide bonds. The number of aryl methyl sites for hydroxylation is 1. The fourth-order valence-electron chi connectivity index (χ4n) is 1.37. The van der Waals surface area contributed by atoms with E-state index in [-0.39, 0.29) is 10.8 Å². The Balaban J connectivity index is 2.21. The Kier molecular flexibility index (Phi) is 3.99. The number of carboxylic acid groups (broad SMARTS) is 1. The summed E-state index contributed by atoms with van der Waals surface area (Å²) in [7, 11) is -3.86. The maximum Gasteiger partial charge on any atom is 0.356 e. The monoisotopic (exact) mass is 318 g/mol. The first kappa shape index (κ1) is 14.1. The first-order valence-corrected chi connectivity index (χ1v) is 8.40. The number of thiazole rings is 1. The number of sulfonamides is 1. The first-order chi connectivity index (χ1) is 8.92. The molecule has 0 saturated heterocycles. The Morgan fingerprint density at radius 3 is 2.79 bits per heavy atom. The van der Waals surface area contributed by atoms with Gasteiger partial charge < -0.3 is 5.11 Å². The number of nitrogens with one attached hydrogen (secondary N) is 1. The summed E-state index contributed by atoms with van der Waals surface area (Å²) in [6, 6.07) is 0. The van der Waals surface area contributed by atoms with Gasteiger partial charge in [0.05, 0.1) is 5.51 Å². The van der Waals surface area contributed by atoms with Gasteiger partial charge in [-0.3, -0.25) is 0 Å². The van der Waals surface area contributed by atoms with E-state index in [1.54, 1.807) is 0 Å². The number of hydrogen-bond donors (Lipinski definition) is 2. The van der Waals surface area contributed by atoms with Crippen LogP contribution in [0.5, 0.6) is 0 Å². The predicted octanol–water partition coefficient (Wildman–Crippen LogP) is 1.69. The number of aromatic carboxylic acids is 1. The number of carboxylic acids is 1. The van der Waals surface area contributed by atoms with Crippen LogP contribution in [0.15, 0.2) is 20.5 Å². The summed E-state index contributed by atoms with van der Waals surface area (Å²) in [5.74, 6) is -1.35. The van der Waals surface area contributed by atoms with Crippen LogP contribution >= 0.6 is 22.7 Å². The smallest absolute Gasteiger partial charge is 0.356 e. The molecule has 2 aromatic rings. The van der Waals surface area contributed by atoms with Gasteiger partial charge in [0.15, 0.2) is 9.90 Å². The van der Waals surface area contributed by atoms with Crippen molar-refractivity contribution in [3.63, 3.8) is 0 Å². The highest BCUT2D eigenvalue weighted by molar-refractivity contribution is 7.91. The molecule has 0 aliphatic carbocycles. The zero-order valence-electron chi connectivity index (χ0n) is 9.78. The molecule has 0 bridgehead atoms. The van der Waals surface area contributed by atoms with E-state index in [4.69, 9.17) is 5.11 Å². The normalized spacial score (nSPS) is 11.6. The number of carbonyl (C=O) groups is 1. The molecule has 9 heteroatoms. The van der Waals surface area contributed by atoms with Crippen molar-refractivity contribution >= 4 is 38.7 Å². The van der Waals surface area contributed by atoms with E-state index >= 15 is 0 Å². The molecule has 2 N–H and O–H groups in total. The fourth-order valence-corrected chi connectivity index (χ4v) is 4.42. The maximum absolute atomic E-state index is 12.0. The highest BCUT2D eigenvalue weighted by atomic mass is 32.2. The van der Waals surface area contributed by atoms with Gasteiger partial charge in [0.2, 0.25) is 0 Å². The summed E-state index contributed by atoms with van der Waals surface area (Å²) in [5.41, 5.74) is 2.62. The highest BCUT2D eigenvalue weighted by Crippen LogP contribution is 2.21. The number of aromatic nitrogens is 1. The molecule has 0 aromatic carbocycles. The summed E-state index contributed by atoms with van der Waals surface area (Å²) in [6.07, 6.45) is 0. The van der Waals surface area contributed by atoms with Crippen LogP contribution in [0.4, 0.5) is 0 Å². The van der Waals surface area contributed by atoms with E-state index in [1.165, 1.54) is 16.8 Å². The van der Waals surface area contributed by atoms with Crippen LogP contribution < -0.4 is 4.72 Å². The molecule has 0 radical (unpaired) electrons. The predicted molar refractivity (Wildman–Crippen MR) is 72.2 cm³/mol. The van der Waals surface area contributed by atoms with Crippen LogP contribution in [-0.4, -0.2) is 24.5 Å². The van der Waals surface area contributed by atoms with Gasteiger partial charge in [-0.15, -0.1) is 11.3 Å². The van der Waals surface area contributed by atoms with Gasteiger partial charge >= 0.3 is 5.97 Å². The number of nitrogens with zero attached hydrogens (tertiary/aromatic N) is 1. The van der Waals surface area contributed by atoms with Crippen LogP contribution in [0.3, 0.4) is 0 Å². The molecular weight excluding hydrogens is 308 g/mol. The molecule has 2 rings (SSSR count). The highest BCUT2D eigenvalue weighted by Gasteiger charge is 2.25. The van der Waals surface area contributed by atoms with Gasteiger partial charge in [0.1, 0.15) is 0 Å². The quantitative estimate of drug-likeness (QED) is 0.874. The molecule has 2 aromatic heterocycles. The van der Waals surface area contributed by atoms with Gasteiger partial charge in [0, 0.05) is 6.54 Å². The molecule has 0 fully saturated rings. The third-order valence-corrected chi connectivity index (χ3v) is 6.08. The van der Waals surface area contributed by atoms with Crippen molar-refractivity contribution in [2.75, 3.05) is 0 Å². The lowest BCUT2D eigenvalue weighted by Gasteiger charge is -2.05. The fraction of sp³-hybridized carbons (Fsp3) is 0.200. The number of hydrogen-bond acceptors (Lipinski definition) is 6. The maximum atomic E-state index is 12.0. The summed E-state index contributed by atoms with van der Waals surface area (Å²) in [6.45, 7) is 2.02. The van der Waals surface area contributed by atoms with Gasteiger partial charge in [-0.1, -0.05) is 0 Å². The van der Waals surface area contributed by atoms with E-state index < -0.39 is 21.7 Å². The third kappa shape index (κ3) is 3.00. The average Bonchev–Trinajstić information content (AvgIpc) is 2.95. The zero-order chi connectivity index (χ0) is 14.0. The van der Waals surface area contributed by atoms with E-state index in [9.17, 15) is 13.2 Å². The SMILES string of the molecule is Cc1cscc1CNS(=O)(=O)c1scnc1C(=O)O. The van der Waals surface area contributed by atoms with Gasteiger partial charge in [-0.25, -0.2) is 22.9 Å². The van der Waals surface area contributed by atoms with Crippen molar-refractivity contribution in [1.29, 1.82) is 0 Å². The van der Waals surface area contributed by atoms with E-state index in [0.717, 1.165) is 22.5 Å². The van der Waals surface area contributed by atoms with Crippen molar-refractivity contribution in [3.8, 4) is 0 Å². The average molecular weight is 318 g/mol. The number of rotatable bonds is 5. The zero-order valence-corrected chi connectivity index (χ0v) is 12.2. The second-order valence-corrected chi connectivity index (χ2v) is 7.26. The molecule has 0 unspecified atom stereocenters. The van der Waals surface area contributed by atoms with Crippen molar-refractivity contribution in [1.82, 2.24) is 9.71 Å². The molecule has 6 nitrogen and oxygen atoms in total. The minimum Gasteiger partial charge on any atom is -0.476 e. The molecule has 0 aliphatic heterocycles. The van der Waals surface area contributed by atoms with Gasteiger partial charge in [0.25, 0.3) is 10.0 Å². The largest absolute Gasteiger partial charge is 0.476 e. The molecule has 0 saturated carbocycles. The topological polar surface area (TPSA) is 96.4 Å². The van der Waals surface area contributed by atoms with E-state index in [1.807, 2.05) is 17.7 Å². The van der Waals surface area contributed by atoms with Crippen molar-refractivity contribution in [2.45, 2.75) is 17.7 Å². The van der Waals surface area contributed by atoms with Crippen molar-refractivity contribution in [3.05, 3.63) is 33.1 Å².